The summed E-state index contributed by atoms with van der Waals surface area (Å²) in [6.45, 7) is 0. The maximum absolute atomic E-state index is 11.1. The third-order valence-corrected chi connectivity index (χ3v) is 5.23. The summed E-state index contributed by atoms with van der Waals surface area (Å²) in [5, 5.41) is 13.9. The van der Waals surface area contributed by atoms with Gasteiger partial charge in [-0.3, -0.25) is 0 Å². The Hall–Kier alpha value is -2.29. The van der Waals surface area contributed by atoms with Crippen LogP contribution in [0.3, 0.4) is 0 Å². The van der Waals surface area contributed by atoms with Crippen LogP contribution in [0.2, 0.25) is 0 Å². The van der Waals surface area contributed by atoms with Crippen molar-refractivity contribution >= 4 is 21.8 Å². The molecule has 2 N–H and O–H groups in total. The second-order valence-corrected chi connectivity index (χ2v) is 8.04. The van der Waals surface area contributed by atoms with Crippen LogP contribution >= 0.6 is 11.8 Å². The van der Waals surface area contributed by atoms with E-state index in [0.29, 0.717) is 16.5 Å². The fourth-order valence-electron chi connectivity index (χ4n) is 2.21. The van der Waals surface area contributed by atoms with E-state index in [-0.39, 0.29) is 11.5 Å². The zero-order valence-electron chi connectivity index (χ0n) is 13.2. The highest BCUT2D eigenvalue weighted by atomic mass is 32.2. The van der Waals surface area contributed by atoms with Gasteiger partial charge in [0.15, 0.2) is 0 Å². The molecule has 8 heteroatoms. The smallest absolute Gasteiger partial charge is 0.209 e. The summed E-state index contributed by atoms with van der Waals surface area (Å²) in [6.07, 6.45) is 0. The fourth-order valence-corrected chi connectivity index (χ4v) is 3.91. The Labute approximate surface area is 150 Å². The average molecular weight is 372 g/mol. The van der Waals surface area contributed by atoms with Gasteiger partial charge in [0.1, 0.15) is 11.4 Å². The third kappa shape index (κ3) is 4.85. The van der Waals surface area contributed by atoms with Gasteiger partial charge in [-0.25, -0.2) is 18.5 Å². The number of hydrogen-bond donors (Lipinski definition) is 1. The normalized spacial score (nSPS) is 11.4. The van der Waals surface area contributed by atoms with Crippen molar-refractivity contribution in [2.24, 2.45) is 5.14 Å². The van der Waals surface area contributed by atoms with Crippen LogP contribution in [-0.2, 0) is 10.0 Å². The quantitative estimate of drug-likeness (QED) is 0.668. The van der Waals surface area contributed by atoms with E-state index in [1.807, 2.05) is 60.7 Å². The van der Waals surface area contributed by atoms with Crippen LogP contribution in [-0.4, -0.2) is 35.1 Å². The highest BCUT2D eigenvalue weighted by Crippen LogP contribution is 2.29. The maximum atomic E-state index is 11.1. The van der Waals surface area contributed by atoms with Crippen LogP contribution in [0.15, 0.2) is 65.8 Å². The summed E-state index contributed by atoms with van der Waals surface area (Å²) in [7, 11) is -3.50. The first-order chi connectivity index (χ1) is 12.0. The zero-order valence-corrected chi connectivity index (χ0v) is 14.9. The van der Waals surface area contributed by atoms with Crippen molar-refractivity contribution in [1.82, 2.24) is 15.2 Å². The van der Waals surface area contributed by atoms with Crippen molar-refractivity contribution in [1.29, 1.82) is 0 Å². The minimum Gasteiger partial charge on any atom is -0.229 e. The number of sulfonamides is 1. The topological polar surface area (TPSA) is 98.8 Å². The van der Waals surface area contributed by atoms with Gasteiger partial charge in [0.2, 0.25) is 15.2 Å². The molecule has 2 aromatic carbocycles. The SMILES string of the molecule is NS(=O)(=O)CCSc1nnc(-c2ccccc2)c(-c2ccccc2)n1. The Kier molecular flexibility index (Phi) is 5.42. The second kappa shape index (κ2) is 7.73. The molecule has 6 nitrogen and oxygen atoms in total. The first-order valence-electron chi connectivity index (χ1n) is 7.52. The van der Waals surface area contributed by atoms with Gasteiger partial charge in [-0.15, -0.1) is 10.2 Å². The summed E-state index contributed by atoms with van der Waals surface area (Å²) in [5.41, 5.74) is 3.23. The van der Waals surface area contributed by atoms with Crippen LogP contribution in [0.4, 0.5) is 0 Å². The average Bonchev–Trinajstić information content (AvgIpc) is 2.62. The lowest BCUT2D eigenvalue weighted by molar-refractivity contribution is 0.599. The summed E-state index contributed by atoms with van der Waals surface area (Å²) in [6, 6.07) is 19.4. The number of benzene rings is 2. The van der Waals surface area contributed by atoms with Crippen LogP contribution in [0.1, 0.15) is 0 Å². The molecule has 3 aromatic rings. The van der Waals surface area contributed by atoms with E-state index >= 15 is 0 Å². The van der Waals surface area contributed by atoms with E-state index in [1.54, 1.807) is 0 Å². The number of nitrogens with two attached hydrogens (primary N) is 1. The molecule has 128 valence electrons. The molecular formula is C17H16N4O2S2. The third-order valence-electron chi connectivity index (χ3n) is 3.36. The molecule has 0 radical (unpaired) electrons. The van der Waals surface area contributed by atoms with Gasteiger partial charge in [0.05, 0.1) is 5.75 Å². The van der Waals surface area contributed by atoms with E-state index < -0.39 is 10.0 Å². The second-order valence-electron chi connectivity index (χ2n) is 5.24. The van der Waals surface area contributed by atoms with Crippen molar-refractivity contribution in [3.05, 3.63) is 60.7 Å². The lowest BCUT2D eigenvalue weighted by atomic mass is 10.0. The van der Waals surface area contributed by atoms with E-state index in [2.05, 4.69) is 15.2 Å². The fraction of sp³-hybridized carbons (Fsp3) is 0.118. The number of nitrogens with zero attached hydrogens (tertiary/aromatic N) is 3. The first kappa shape index (κ1) is 17.5. The predicted octanol–water partition coefficient (Wildman–Crippen LogP) is 2.59. The number of hydrogen-bond acceptors (Lipinski definition) is 6. The highest BCUT2D eigenvalue weighted by molar-refractivity contribution is 8.00. The van der Waals surface area contributed by atoms with Crippen LogP contribution in [0, 0.1) is 0 Å². The molecule has 0 fully saturated rings. The Morgan fingerprint density at radius 1 is 0.840 bits per heavy atom. The summed E-state index contributed by atoms with van der Waals surface area (Å²) >= 11 is 1.22. The Balaban J connectivity index is 1.97. The molecule has 0 saturated carbocycles. The minimum atomic E-state index is -3.50. The molecule has 25 heavy (non-hydrogen) atoms. The zero-order chi connectivity index (χ0) is 17.7. The summed E-state index contributed by atoms with van der Waals surface area (Å²) in [5.74, 6) is 0.140. The molecule has 0 bridgehead atoms. The molecule has 1 aromatic heterocycles. The van der Waals surface area contributed by atoms with Crippen molar-refractivity contribution in [3.63, 3.8) is 0 Å². The molecule has 0 spiro atoms. The van der Waals surface area contributed by atoms with Crippen LogP contribution in [0.25, 0.3) is 22.5 Å². The predicted molar refractivity (Wildman–Crippen MR) is 99.4 cm³/mol. The Morgan fingerprint density at radius 2 is 1.40 bits per heavy atom. The first-order valence-corrected chi connectivity index (χ1v) is 10.2. The monoisotopic (exact) mass is 372 g/mol. The van der Waals surface area contributed by atoms with Crippen molar-refractivity contribution in [3.8, 4) is 22.5 Å². The van der Waals surface area contributed by atoms with Crippen molar-refractivity contribution < 1.29 is 8.42 Å². The number of aromatic nitrogens is 3. The van der Waals surface area contributed by atoms with Gasteiger partial charge in [0, 0.05) is 16.9 Å². The lowest BCUT2D eigenvalue weighted by Crippen LogP contribution is -2.18. The minimum absolute atomic E-state index is 0.137. The largest absolute Gasteiger partial charge is 0.229 e. The van der Waals surface area contributed by atoms with E-state index in [0.717, 1.165) is 11.1 Å². The number of thioether (sulfide) groups is 1. The molecule has 0 amide bonds. The number of rotatable bonds is 6. The molecule has 0 aliphatic heterocycles. The molecular weight excluding hydrogens is 356 g/mol. The van der Waals surface area contributed by atoms with Gasteiger partial charge in [-0.1, -0.05) is 72.4 Å². The van der Waals surface area contributed by atoms with Gasteiger partial charge in [-0.2, -0.15) is 0 Å². The molecule has 0 unspecified atom stereocenters. The van der Waals surface area contributed by atoms with E-state index in [9.17, 15) is 8.42 Å². The Bertz CT molecular complexity index is 949. The molecule has 1 heterocycles. The van der Waals surface area contributed by atoms with Crippen molar-refractivity contribution in [2.75, 3.05) is 11.5 Å². The van der Waals surface area contributed by atoms with Crippen molar-refractivity contribution in [2.45, 2.75) is 5.16 Å². The summed E-state index contributed by atoms with van der Waals surface area (Å²) in [4.78, 5) is 4.59. The molecule has 0 saturated heterocycles. The van der Waals surface area contributed by atoms with Gasteiger partial charge < -0.3 is 0 Å². The Morgan fingerprint density at radius 3 is 1.96 bits per heavy atom. The van der Waals surface area contributed by atoms with Gasteiger partial charge in [-0.05, 0) is 0 Å². The standard InChI is InChI=1S/C17H16N4O2S2/c18-25(22,23)12-11-24-17-19-15(13-7-3-1-4-8-13)16(20-21-17)14-9-5-2-6-10-14/h1-10H,11-12H2,(H2,18,22,23). The summed E-state index contributed by atoms with van der Waals surface area (Å²) < 4.78 is 22.1. The van der Waals surface area contributed by atoms with Crippen LogP contribution in [0.5, 0.6) is 0 Å². The number of primary sulfonamides is 1. The van der Waals surface area contributed by atoms with Crippen LogP contribution < -0.4 is 5.14 Å². The van der Waals surface area contributed by atoms with E-state index in [1.165, 1.54) is 11.8 Å². The van der Waals surface area contributed by atoms with Gasteiger partial charge in [0.25, 0.3) is 0 Å². The lowest BCUT2D eigenvalue weighted by Gasteiger charge is -2.09. The maximum Gasteiger partial charge on any atom is 0.209 e. The molecule has 3 rings (SSSR count). The van der Waals surface area contributed by atoms with E-state index in [4.69, 9.17) is 5.14 Å². The van der Waals surface area contributed by atoms with Gasteiger partial charge >= 0.3 is 0 Å². The molecule has 0 aliphatic rings. The molecule has 0 aliphatic carbocycles. The highest BCUT2D eigenvalue weighted by Gasteiger charge is 2.14. The molecule has 0 atom stereocenters.